The summed E-state index contributed by atoms with van der Waals surface area (Å²) >= 11 is 0. The first-order chi connectivity index (χ1) is 7.84. The summed E-state index contributed by atoms with van der Waals surface area (Å²) in [6, 6.07) is 0.136. The quantitative estimate of drug-likeness (QED) is 0.606. The minimum atomic E-state index is -0.456. The molecule has 1 amide bonds. The summed E-state index contributed by atoms with van der Waals surface area (Å²) in [6.07, 6.45) is 3.10. The van der Waals surface area contributed by atoms with E-state index in [0.29, 0.717) is 24.5 Å². The molecule has 0 aromatic rings. The summed E-state index contributed by atoms with van der Waals surface area (Å²) in [5.74, 6) is 0.711. The molecule has 1 spiro atoms. The Morgan fingerprint density at radius 1 is 1.41 bits per heavy atom. The monoisotopic (exact) mass is 237 g/mol. The van der Waals surface area contributed by atoms with E-state index in [2.05, 4.69) is 0 Å². The Kier molecular flexibility index (Phi) is 1.97. The highest BCUT2D eigenvalue weighted by Gasteiger charge is 2.75. The lowest BCUT2D eigenvalue weighted by molar-refractivity contribution is -0.122. The normalized spacial score (nSPS) is 39.0. The van der Waals surface area contributed by atoms with E-state index in [1.54, 1.807) is 0 Å². The number of hydrogen-bond acceptors (Lipinski definition) is 3. The van der Waals surface area contributed by atoms with E-state index in [1.807, 2.05) is 25.7 Å². The van der Waals surface area contributed by atoms with Crippen LogP contribution in [0.1, 0.15) is 46.5 Å². The fraction of sp³-hybridized carbons (Fsp3) is 0.846. The van der Waals surface area contributed by atoms with Gasteiger partial charge < -0.3 is 4.74 Å². The molecule has 0 N–H and O–H groups in total. The molecule has 2 aliphatic carbocycles. The standard InChI is InChI=1S/C13H19NO3/c1-12(2,3)17-11(16)14-10-7-9(15)6-8-4-5-13(8,10)14/h8,10H,4-7H2,1-3H3. The highest BCUT2D eigenvalue weighted by Crippen LogP contribution is 2.64. The zero-order chi connectivity index (χ0) is 12.4. The van der Waals surface area contributed by atoms with Crippen molar-refractivity contribution in [1.82, 2.24) is 4.90 Å². The zero-order valence-corrected chi connectivity index (χ0v) is 10.7. The van der Waals surface area contributed by atoms with Crippen LogP contribution in [0.25, 0.3) is 0 Å². The smallest absolute Gasteiger partial charge is 0.411 e. The van der Waals surface area contributed by atoms with Crippen molar-refractivity contribution in [3.8, 4) is 0 Å². The molecular weight excluding hydrogens is 218 g/mol. The Labute approximate surface area is 101 Å². The number of carbonyl (C=O) groups excluding carboxylic acids is 2. The largest absolute Gasteiger partial charge is 0.444 e. The summed E-state index contributed by atoms with van der Waals surface area (Å²) < 4.78 is 5.41. The van der Waals surface area contributed by atoms with Crippen LogP contribution >= 0.6 is 0 Å². The van der Waals surface area contributed by atoms with Crippen molar-refractivity contribution in [2.75, 3.05) is 0 Å². The maximum absolute atomic E-state index is 12.1. The van der Waals surface area contributed by atoms with Gasteiger partial charge in [-0.3, -0.25) is 9.69 Å². The predicted octanol–water partition coefficient (Wildman–Crippen LogP) is 2.12. The summed E-state index contributed by atoms with van der Waals surface area (Å²) in [6.45, 7) is 5.62. The van der Waals surface area contributed by atoms with Crippen molar-refractivity contribution < 1.29 is 14.3 Å². The average Bonchev–Trinajstić information content (AvgIpc) is 2.80. The first kappa shape index (κ1) is 11.1. The summed E-state index contributed by atoms with van der Waals surface area (Å²) in [4.78, 5) is 25.5. The van der Waals surface area contributed by atoms with E-state index in [4.69, 9.17) is 4.74 Å². The number of likely N-dealkylation sites (tertiary alicyclic amines) is 1. The maximum Gasteiger partial charge on any atom is 0.411 e. The van der Waals surface area contributed by atoms with E-state index in [9.17, 15) is 9.59 Å². The van der Waals surface area contributed by atoms with Gasteiger partial charge >= 0.3 is 6.09 Å². The number of rotatable bonds is 0. The van der Waals surface area contributed by atoms with Gasteiger partial charge in [0.1, 0.15) is 11.4 Å². The second-order valence-electron chi connectivity index (χ2n) is 6.54. The molecule has 3 aliphatic rings. The van der Waals surface area contributed by atoms with Crippen LogP contribution in [0.15, 0.2) is 0 Å². The Hall–Kier alpha value is -1.06. The number of ketones is 1. The third-order valence-electron chi connectivity index (χ3n) is 4.36. The fourth-order valence-electron chi connectivity index (χ4n) is 3.54. The molecule has 0 aromatic carbocycles. The van der Waals surface area contributed by atoms with Crippen LogP contribution in [0.4, 0.5) is 4.79 Å². The van der Waals surface area contributed by atoms with Crippen molar-refractivity contribution in [2.45, 2.75) is 63.6 Å². The molecule has 3 fully saturated rings. The number of amides is 1. The Bertz CT molecular complexity index is 398. The van der Waals surface area contributed by atoms with Crippen LogP contribution in [-0.2, 0) is 9.53 Å². The SMILES string of the molecule is CC(C)(C)OC(=O)N1C2CC(=O)CC3CCC321. The van der Waals surface area contributed by atoms with Gasteiger partial charge in [0.25, 0.3) is 0 Å². The van der Waals surface area contributed by atoms with Crippen molar-refractivity contribution in [1.29, 1.82) is 0 Å². The molecule has 4 heteroatoms. The molecule has 0 radical (unpaired) electrons. The zero-order valence-electron chi connectivity index (χ0n) is 10.7. The van der Waals surface area contributed by atoms with E-state index in [1.165, 1.54) is 0 Å². The van der Waals surface area contributed by atoms with E-state index in [0.717, 1.165) is 12.8 Å². The Balaban J connectivity index is 1.75. The van der Waals surface area contributed by atoms with E-state index < -0.39 is 5.60 Å². The average molecular weight is 237 g/mol. The molecule has 3 atom stereocenters. The van der Waals surface area contributed by atoms with Crippen LogP contribution in [0, 0.1) is 5.92 Å². The molecule has 3 unspecified atom stereocenters. The molecule has 1 heterocycles. The van der Waals surface area contributed by atoms with Crippen LogP contribution in [0.2, 0.25) is 0 Å². The van der Waals surface area contributed by atoms with Gasteiger partial charge in [0.05, 0.1) is 11.6 Å². The number of carbonyl (C=O) groups is 2. The van der Waals surface area contributed by atoms with Gasteiger partial charge in [0.2, 0.25) is 0 Å². The van der Waals surface area contributed by atoms with Crippen molar-refractivity contribution in [2.24, 2.45) is 5.92 Å². The molecule has 17 heavy (non-hydrogen) atoms. The van der Waals surface area contributed by atoms with Gasteiger partial charge in [-0.2, -0.15) is 0 Å². The third-order valence-corrected chi connectivity index (χ3v) is 4.36. The Morgan fingerprint density at radius 3 is 2.65 bits per heavy atom. The second kappa shape index (κ2) is 3.03. The molecule has 1 aliphatic heterocycles. The molecular formula is C13H19NO3. The molecule has 4 nitrogen and oxygen atoms in total. The van der Waals surface area contributed by atoms with Gasteiger partial charge in [-0.25, -0.2) is 4.79 Å². The van der Waals surface area contributed by atoms with Crippen LogP contribution in [0.3, 0.4) is 0 Å². The van der Waals surface area contributed by atoms with Gasteiger partial charge in [0.15, 0.2) is 0 Å². The molecule has 2 saturated carbocycles. The van der Waals surface area contributed by atoms with Gasteiger partial charge in [0, 0.05) is 12.8 Å². The number of hydrogen-bond donors (Lipinski definition) is 0. The Morgan fingerprint density at radius 2 is 2.12 bits per heavy atom. The first-order valence-electron chi connectivity index (χ1n) is 6.38. The molecule has 0 aromatic heterocycles. The first-order valence-corrected chi connectivity index (χ1v) is 6.38. The van der Waals surface area contributed by atoms with Crippen LogP contribution in [0.5, 0.6) is 0 Å². The second-order valence-corrected chi connectivity index (χ2v) is 6.54. The lowest BCUT2D eigenvalue weighted by Crippen LogP contribution is -2.45. The van der Waals surface area contributed by atoms with E-state index >= 15 is 0 Å². The van der Waals surface area contributed by atoms with Crippen molar-refractivity contribution in [3.63, 3.8) is 0 Å². The van der Waals surface area contributed by atoms with Crippen molar-refractivity contribution >= 4 is 11.9 Å². The number of Topliss-reactive ketones (excluding diaryl/α,β-unsaturated/α-hetero) is 1. The molecule has 1 saturated heterocycles. The summed E-state index contributed by atoms with van der Waals surface area (Å²) in [5, 5.41) is 0. The lowest BCUT2D eigenvalue weighted by atomic mass is 9.64. The minimum absolute atomic E-state index is 0.0102. The summed E-state index contributed by atoms with van der Waals surface area (Å²) in [7, 11) is 0. The van der Waals surface area contributed by atoms with Crippen LogP contribution in [-0.4, -0.2) is 34.0 Å². The number of nitrogens with zero attached hydrogens (tertiary/aromatic N) is 1. The highest BCUT2D eigenvalue weighted by atomic mass is 16.6. The number of ether oxygens (including phenoxy) is 1. The predicted molar refractivity (Wildman–Crippen MR) is 61.6 cm³/mol. The van der Waals surface area contributed by atoms with Crippen molar-refractivity contribution in [3.05, 3.63) is 0 Å². The van der Waals surface area contributed by atoms with Gasteiger partial charge in [-0.15, -0.1) is 0 Å². The highest BCUT2D eigenvalue weighted by molar-refractivity contribution is 5.86. The maximum atomic E-state index is 12.1. The van der Waals surface area contributed by atoms with Crippen LogP contribution < -0.4 is 0 Å². The van der Waals surface area contributed by atoms with E-state index in [-0.39, 0.29) is 17.7 Å². The molecule has 0 bridgehead atoms. The van der Waals surface area contributed by atoms with Gasteiger partial charge in [-0.1, -0.05) is 0 Å². The minimum Gasteiger partial charge on any atom is -0.444 e. The fourth-order valence-corrected chi connectivity index (χ4v) is 3.54. The summed E-state index contributed by atoms with van der Waals surface area (Å²) in [5.41, 5.74) is -0.445. The third kappa shape index (κ3) is 1.42. The topological polar surface area (TPSA) is 46.4 Å². The molecule has 3 rings (SSSR count). The lowest BCUT2D eigenvalue weighted by Gasteiger charge is -2.39. The van der Waals surface area contributed by atoms with Gasteiger partial charge in [-0.05, 0) is 39.5 Å². The molecule has 94 valence electrons.